The smallest absolute Gasteiger partial charge is 0.178 e. The lowest BCUT2D eigenvalue weighted by Gasteiger charge is -2.03. The van der Waals surface area contributed by atoms with E-state index in [0.717, 1.165) is 17.0 Å². The minimum atomic E-state index is 0.418. The van der Waals surface area contributed by atoms with Gasteiger partial charge in [0.15, 0.2) is 5.82 Å². The Morgan fingerprint density at radius 2 is 2.07 bits per heavy atom. The molecule has 76 valence electrons. The lowest BCUT2D eigenvalue weighted by Crippen LogP contribution is -2.02. The van der Waals surface area contributed by atoms with E-state index >= 15 is 0 Å². The zero-order valence-corrected chi connectivity index (χ0v) is 8.51. The van der Waals surface area contributed by atoms with E-state index in [1.165, 1.54) is 0 Å². The molecule has 0 fully saturated rings. The maximum absolute atomic E-state index is 5.52. The highest BCUT2D eigenvalue weighted by molar-refractivity contribution is 5.53. The summed E-state index contributed by atoms with van der Waals surface area (Å²) >= 11 is 0. The van der Waals surface area contributed by atoms with Crippen LogP contribution in [0.2, 0.25) is 0 Å². The van der Waals surface area contributed by atoms with Crippen LogP contribution in [0.4, 0.5) is 0 Å². The SMILES string of the molecule is Cc1cccnc1-c1nccc(CN)n1. The molecule has 0 radical (unpaired) electrons. The Balaban J connectivity index is 2.49. The van der Waals surface area contributed by atoms with Gasteiger partial charge in [-0.15, -0.1) is 0 Å². The highest BCUT2D eigenvalue weighted by Gasteiger charge is 2.05. The number of pyridine rings is 1. The molecule has 2 heterocycles. The molecule has 0 saturated carbocycles. The fraction of sp³-hybridized carbons (Fsp3) is 0.182. The minimum Gasteiger partial charge on any atom is -0.325 e. The average molecular weight is 200 g/mol. The molecule has 0 spiro atoms. The number of rotatable bonds is 2. The number of nitrogens with two attached hydrogens (primary N) is 1. The van der Waals surface area contributed by atoms with Crippen molar-refractivity contribution in [3.63, 3.8) is 0 Å². The summed E-state index contributed by atoms with van der Waals surface area (Å²) < 4.78 is 0. The van der Waals surface area contributed by atoms with E-state index in [2.05, 4.69) is 15.0 Å². The molecule has 15 heavy (non-hydrogen) atoms. The van der Waals surface area contributed by atoms with E-state index in [9.17, 15) is 0 Å². The third-order valence-corrected chi connectivity index (χ3v) is 2.14. The molecule has 0 unspecified atom stereocenters. The van der Waals surface area contributed by atoms with Crippen molar-refractivity contribution in [2.75, 3.05) is 0 Å². The van der Waals surface area contributed by atoms with E-state index in [4.69, 9.17) is 5.73 Å². The first-order valence-corrected chi connectivity index (χ1v) is 4.75. The van der Waals surface area contributed by atoms with Crippen molar-refractivity contribution in [2.45, 2.75) is 13.5 Å². The quantitative estimate of drug-likeness (QED) is 0.793. The highest BCUT2D eigenvalue weighted by atomic mass is 14.9. The van der Waals surface area contributed by atoms with E-state index < -0.39 is 0 Å². The van der Waals surface area contributed by atoms with Crippen LogP contribution in [0.5, 0.6) is 0 Å². The van der Waals surface area contributed by atoms with Gasteiger partial charge in [0.1, 0.15) is 5.69 Å². The predicted molar refractivity (Wildman–Crippen MR) is 57.9 cm³/mol. The maximum Gasteiger partial charge on any atom is 0.178 e. The molecule has 2 rings (SSSR count). The normalized spacial score (nSPS) is 10.3. The number of aromatic nitrogens is 3. The molecule has 0 amide bonds. The molecular formula is C11H12N4. The van der Waals surface area contributed by atoms with Crippen molar-refractivity contribution in [3.8, 4) is 11.5 Å². The van der Waals surface area contributed by atoms with Crippen LogP contribution >= 0.6 is 0 Å². The van der Waals surface area contributed by atoms with Gasteiger partial charge in [-0.2, -0.15) is 0 Å². The van der Waals surface area contributed by atoms with Gasteiger partial charge in [-0.3, -0.25) is 4.98 Å². The van der Waals surface area contributed by atoms with Crippen LogP contribution in [0.3, 0.4) is 0 Å². The summed E-state index contributed by atoms with van der Waals surface area (Å²) in [5.74, 6) is 0.635. The summed E-state index contributed by atoms with van der Waals surface area (Å²) in [6.07, 6.45) is 3.44. The first kappa shape index (κ1) is 9.73. The van der Waals surface area contributed by atoms with Crippen LogP contribution in [0.25, 0.3) is 11.5 Å². The fourth-order valence-electron chi connectivity index (χ4n) is 1.34. The van der Waals surface area contributed by atoms with Gasteiger partial charge in [0.2, 0.25) is 0 Å². The number of hydrogen-bond acceptors (Lipinski definition) is 4. The Bertz CT molecular complexity index is 468. The van der Waals surface area contributed by atoms with Crippen molar-refractivity contribution in [1.82, 2.24) is 15.0 Å². The molecule has 0 aliphatic heterocycles. The molecule has 0 aromatic carbocycles. The molecule has 0 bridgehead atoms. The van der Waals surface area contributed by atoms with Crippen LogP contribution in [-0.2, 0) is 6.54 Å². The van der Waals surface area contributed by atoms with Crippen LogP contribution < -0.4 is 5.73 Å². The van der Waals surface area contributed by atoms with Gasteiger partial charge in [-0.1, -0.05) is 6.07 Å². The zero-order valence-electron chi connectivity index (χ0n) is 8.51. The molecule has 0 aliphatic rings. The van der Waals surface area contributed by atoms with Gasteiger partial charge in [-0.05, 0) is 24.6 Å². The highest BCUT2D eigenvalue weighted by Crippen LogP contribution is 2.15. The molecule has 0 saturated heterocycles. The minimum absolute atomic E-state index is 0.418. The van der Waals surface area contributed by atoms with Crippen molar-refractivity contribution in [3.05, 3.63) is 41.9 Å². The molecule has 2 aromatic heterocycles. The predicted octanol–water partition coefficient (Wildman–Crippen LogP) is 1.31. The Kier molecular flexibility index (Phi) is 2.69. The number of aryl methyl sites for hydroxylation is 1. The van der Waals surface area contributed by atoms with Crippen molar-refractivity contribution in [2.24, 2.45) is 5.73 Å². The van der Waals surface area contributed by atoms with Gasteiger partial charge in [0, 0.05) is 18.9 Å². The summed E-state index contributed by atoms with van der Waals surface area (Å²) in [6, 6.07) is 5.69. The topological polar surface area (TPSA) is 64.7 Å². The summed E-state index contributed by atoms with van der Waals surface area (Å²) in [5, 5.41) is 0. The van der Waals surface area contributed by atoms with Gasteiger partial charge in [0.25, 0.3) is 0 Å². The summed E-state index contributed by atoms with van der Waals surface area (Å²) in [4.78, 5) is 12.8. The van der Waals surface area contributed by atoms with Crippen LogP contribution in [-0.4, -0.2) is 15.0 Å². The molecule has 2 aromatic rings. The van der Waals surface area contributed by atoms with Gasteiger partial charge in [-0.25, -0.2) is 9.97 Å². The van der Waals surface area contributed by atoms with Crippen molar-refractivity contribution in [1.29, 1.82) is 0 Å². The molecule has 0 atom stereocenters. The van der Waals surface area contributed by atoms with Crippen LogP contribution in [0.15, 0.2) is 30.6 Å². The number of nitrogens with zero attached hydrogens (tertiary/aromatic N) is 3. The second kappa shape index (κ2) is 4.14. The first-order valence-electron chi connectivity index (χ1n) is 4.75. The lowest BCUT2D eigenvalue weighted by molar-refractivity contribution is 0.963. The third-order valence-electron chi connectivity index (χ3n) is 2.14. The third kappa shape index (κ3) is 1.99. The van der Waals surface area contributed by atoms with E-state index in [0.29, 0.717) is 12.4 Å². The van der Waals surface area contributed by atoms with Crippen molar-refractivity contribution >= 4 is 0 Å². The van der Waals surface area contributed by atoms with Gasteiger partial charge >= 0.3 is 0 Å². The summed E-state index contributed by atoms with van der Waals surface area (Å²) in [7, 11) is 0. The Hall–Kier alpha value is -1.81. The molecule has 4 heteroatoms. The second-order valence-corrected chi connectivity index (χ2v) is 3.24. The number of hydrogen-bond donors (Lipinski definition) is 1. The van der Waals surface area contributed by atoms with E-state index in [1.54, 1.807) is 12.4 Å². The monoisotopic (exact) mass is 200 g/mol. The molecule has 4 nitrogen and oxygen atoms in total. The molecular weight excluding hydrogens is 188 g/mol. The van der Waals surface area contributed by atoms with Crippen LogP contribution in [0, 0.1) is 6.92 Å². The van der Waals surface area contributed by atoms with Gasteiger partial charge in [0.05, 0.1) is 5.69 Å². The largest absolute Gasteiger partial charge is 0.325 e. The van der Waals surface area contributed by atoms with Crippen molar-refractivity contribution < 1.29 is 0 Å². The fourth-order valence-corrected chi connectivity index (χ4v) is 1.34. The van der Waals surface area contributed by atoms with Crippen LogP contribution in [0.1, 0.15) is 11.3 Å². The Morgan fingerprint density at radius 3 is 2.80 bits per heavy atom. The zero-order chi connectivity index (χ0) is 10.7. The second-order valence-electron chi connectivity index (χ2n) is 3.24. The summed E-state index contributed by atoms with van der Waals surface area (Å²) in [5.41, 5.74) is 8.22. The average Bonchev–Trinajstić information content (AvgIpc) is 2.30. The Morgan fingerprint density at radius 1 is 1.20 bits per heavy atom. The van der Waals surface area contributed by atoms with E-state index in [1.807, 2.05) is 25.1 Å². The van der Waals surface area contributed by atoms with Gasteiger partial charge < -0.3 is 5.73 Å². The van der Waals surface area contributed by atoms with E-state index in [-0.39, 0.29) is 0 Å². The summed E-state index contributed by atoms with van der Waals surface area (Å²) in [6.45, 7) is 2.40. The maximum atomic E-state index is 5.52. The first-order chi connectivity index (χ1) is 7.31. The molecule has 2 N–H and O–H groups in total. The standard InChI is InChI=1S/C11H12N4/c1-8-3-2-5-13-10(8)11-14-6-4-9(7-12)15-11/h2-6H,7,12H2,1H3. The Labute approximate surface area is 88.2 Å². The molecule has 0 aliphatic carbocycles. The lowest BCUT2D eigenvalue weighted by atomic mass is 10.2.